The van der Waals surface area contributed by atoms with E-state index in [0.29, 0.717) is 28.4 Å². The van der Waals surface area contributed by atoms with Gasteiger partial charge in [-0.05, 0) is 37.6 Å². The van der Waals surface area contributed by atoms with Gasteiger partial charge in [-0.1, -0.05) is 49.4 Å². The number of hydrogen-bond donors (Lipinski definition) is 1. The number of benzene rings is 1. The van der Waals surface area contributed by atoms with Crippen molar-refractivity contribution >= 4 is 23.2 Å². The van der Waals surface area contributed by atoms with E-state index in [1.54, 1.807) is 18.2 Å². The lowest BCUT2D eigenvalue weighted by Crippen LogP contribution is -2.43. The smallest absolute Gasteiger partial charge is 0.138 e. The van der Waals surface area contributed by atoms with E-state index in [4.69, 9.17) is 27.9 Å². The summed E-state index contributed by atoms with van der Waals surface area (Å²) < 4.78 is 5.62. The second-order valence-electron chi connectivity index (χ2n) is 5.92. The fourth-order valence-electron chi connectivity index (χ4n) is 3.08. The maximum absolute atomic E-state index is 10.3. The largest absolute Gasteiger partial charge is 0.489 e. The van der Waals surface area contributed by atoms with Crippen LogP contribution in [-0.2, 0) is 0 Å². The third-order valence-corrected chi connectivity index (χ3v) is 4.80. The minimum absolute atomic E-state index is 0.241. The van der Waals surface area contributed by atoms with Crippen LogP contribution >= 0.6 is 23.2 Å². The molecule has 0 heterocycles. The molecule has 1 aromatic rings. The van der Waals surface area contributed by atoms with Gasteiger partial charge in [0.05, 0.1) is 5.02 Å². The lowest BCUT2D eigenvalue weighted by molar-refractivity contribution is 0.0464. The van der Waals surface area contributed by atoms with Gasteiger partial charge >= 0.3 is 0 Å². The predicted octanol–water partition coefficient (Wildman–Crippen LogP) is 4.39. The van der Waals surface area contributed by atoms with Crippen molar-refractivity contribution in [3.8, 4) is 5.75 Å². The Kier molecular flexibility index (Phi) is 7.29. The summed E-state index contributed by atoms with van der Waals surface area (Å²) in [5.74, 6) is 0.561. The van der Waals surface area contributed by atoms with E-state index >= 15 is 0 Å². The molecule has 0 amide bonds. The minimum atomic E-state index is -0.520. The van der Waals surface area contributed by atoms with Crippen LogP contribution in [0.2, 0.25) is 10.0 Å². The van der Waals surface area contributed by atoms with Gasteiger partial charge in [-0.2, -0.15) is 0 Å². The van der Waals surface area contributed by atoms with Crippen molar-refractivity contribution < 1.29 is 9.84 Å². The zero-order chi connectivity index (χ0) is 15.9. The SMILES string of the molecule is CCN(C[C@@H](O)COc1ccc(Cl)cc1Cl)C1CCCCC1. The molecule has 5 heteroatoms. The van der Waals surface area contributed by atoms with Crippen LogP contribution in [0.1, 0.15) is 39.0 Å². The quantitative estimate of drug-likeness (QED) is 0.795. The predicted molar refractivity (Wildman–Crippen MR) is 92.1 cm³/mol. The molecule has 0 aliphatic heterocycles. The van der Waals surface area contributed by atoms with Crippen LogP contribution in [0.25, 0.3) is 0 Å². The summed E-state index contributed by atoms with van der Waals surface area (Å²) in [5.41, 5.74) is 0. The minimum Gasteiger partial charge on any atom is -0.489 e. The molecule has 1 saturated carbocycles. The third kappa shape index (κ3) is 5.31. The first-order chi connectivity index (χ1) is 10.6. The van der Waals surface area contributed by atoms with Gasteiger partial charge in [0.2, 0.25) is 0 Å². The number of rotatable bonds is 7. The summed E-state index contributed by atoms with van der Waals surface area (Å²) in [6.45, 7) is 4.00. The number of aliphatic hydroxyl groups excluding tert-OH is 1. The summed E-state index contributed by atoms with van der Waals surface area (Å²) in [6.07, 6.45) is 5.90. The van der Waals surface area contributed by atoms with Gasteiger partial charge in [-0.3, -0.25) is 4.90 Å². The van der Waals surface area contributed by atoms with Crippen molar-refractivity contribution in [2.45, 2.75) is 51.2 Å². The van der Waals surface area contributed by atoms with Crippen LogP contribution in [0.5, 0.6) is 5.75 Å². The molecule has 0 radical (unpaired) electrons. The van der Waals surface area contributed by atoms with Crippen LogP contribution < -0.4 is 4.74 Å². The topological polar surface area (TPSA) is 32.7 Å². The maximum Gasteiger partial charge on any atom is 0.138 e. The summed E-state index contributed by atoms with van der Waals surface area (Å²) in [5, 5.41) is 11.3. The second-order valence-corrected chi connectivity index (χ2v) is 6.76. The van der Waals surface area contributed by atoms with Gasteiger partial charge in [0.1, 0.15) is 18.5 Å². The molecule has 1 atom stereocenters. The lowest BCUT2D eigenvalue weighted by Gasteiger charge is -2.34. The molecule has 0 saturated heterocycles. The number of hydrogen-bond acceptors (Lipinski definition) is 3. The molecule has 1 aliphatic rings. The number of ether oxygens (including phenoxy) is 1. The first kappa shape index (κ1) is 17.9. The summed E-state index contributed by atoms with van der Waals surface area (Å²) in [4.78, 5) is 2.37. The van der Waals surface area contributed by atoms with Crippen molar-refractivity contribution in [1.29, 1.82) is 0 Å². The normalized spacial score (nSPS) is 17.7. The summed E-state index contributed by atoms with van der Waals surface area (Å²) in [7, 11) is 0. The average molecular weight is 346 g/mol. The fraction of sp³-hybridized carbons (Fsp3) is 0.647. The molecular weight excluding hydrogens is 321 g/mol. The highest BCUT2D eigenvalue weighted by Gasteiger charge is 2.22. The number of halogens is 2. The van der Waals surface area contributed by atoms with Crippen LogP contribution in [0.15, 0.2) is 18.2 Å². The molecule has 2 rings (SSSR count). The highest BCUT2D eigenvalue weighted by Crippen LogP contribution is 2.27. The Morgan fingerprint density at radius 1 is 1.27 bits per heavy atom. The Bertz CT molecular complexity index is 464. The first-order valence-electron chi connectivity index (χ1n) is 8.10. The van der Waals surface area contributed by atoms with Crippen molar-refractivity contribution in [1.82, 2.24) is 4.90 Å². The van der Waals surface area contributed by atoms with Gasteiger partial charge in [-0.25, -0.2) is 0 Å². The van der Waals surface area contributed by atoms with Crippen LogP contribution in [-0.4, -0.2) is 41.8 Å². The van der Waals surface area contributed by atoms with Crippen molar-refractivity contribution in [2.75, 3.05) is 19.7 Å². The Morgan fingerprint density at radius 3 is 2.64 bits per heavy atom. The molecule has 1 aromatic carbocycles. The molecule has 124 valence electrons. The van der Waals surface area contributed by atoms with Crippen LogP contribution in [0.4, 0.5) is 0 Å². The standard InChI is InChI=1S/C17H25Cl2NO2/c1-2-20(14-6-4-3-5-7-14)11-15(21)12-22-17-9-8-13(18)10-16(17)19/h8-10,14-15,21H,2-7,11-12H2,1H3/t15-/m1/s1. The Hall–Kier alpha value is -0.480. The van der Waals surface area contributed by atoms with Gasteiger partial charge in [0, 0.05) is 17.6 Å². The van der Waals surface area contributed by atoms with E-state index in [-0.39, 0.29) is 6.61 Å². The molecule has 0 aromatic heterocycles. The van der Waals surface area contributed by atoms with Crippen molar-refractivity contribution in [2.24, 2.45) is 0 Å². The van der Waals surface area contributed by atoms with Gasteiger partial charge < -0.3 is 9.84 Å². The summed E-state index contributed by atoms with van der Waals surface area (Å²) >= 11 is 11.9. The molecule has 0 spiro atoms. The highest BCUT2D eigenvalue weighted by molar-refractivity contribution is 6.35. The number of aliphatic hydroxyl groups is 1. The van der Waals surface area contributed by atoms with Crippen LogP contribution in [0.3, 0.4) is 0 Å². The van der Waals surface area contributed by atoms with Gasteiger partial charge in [0.25, 0.3) is 0 Å². The Labute approximate surface area is 143 Å². The molecule has 1 aliphatic carbocycles. The van der Waals surface area contributed by atoms with E-state index < -0.39 is 6.10 Å². The number of nitrogens with zero attached hydrogens (tertiary/aromatic N) is 1. The summed E-state index contributed by atoms with van der Waals surface area (Å²) in [6, 6.07) is 5.71. The first-order valence-corrected chi connectivity index (χ1v) is 8.85. The lowest BCUT2D eigenvalue weighted by atomic mass is 9.94. The molecule has 1 N–H and O–H groups in total. The van der Waals surface area contributed by atoms with E-state index in [1.807, 2.05) is 0 Å². The van der Waals surface area contributed by atoms with E-state index in [0.717, 1.165) is 6.54 Å². The monoisotopic (exact) mass is 345 g/mol. The van der Waals surface area contributed by atoms with E-state index in [2.05, 4.69) is 11.8 Å². The zero-order valence-electron chi connectivity index (χ0n) is 13.1. The second kappa shape index (κ2) is 8.97. The third-order valence-electron chi connectivity index (χ3n) is 4.27. The van der Waals surface area contributed by atoms with Gasteiger partial charge in [-0.15, -0.1) is 0 Å². The van der Waals surface area contributed by atoms with Crippen LogP contribution in [0, 0.1) is 0 Å². The molecule has 0 unspecified atom stereocenters. The Balaban J connectivity index is 1.81. The van der Waals surface area contributed by atoms with E-state index in [9.17, 15) is 5.11 Å². The Morgan fingerprint density at radius 2 is 2.00 bits per heavy atom. The fourth-order valence-corrected chi connectivity index (χ4v) is 3.55. The highest BCUT2D eigenvalue weighted by atomic mass is 35.5. The molecule has 1 fully saturated rings. The molecule has 22 heavy (non-hydrogen) atoms. The molecule has 0 bridgehead atoms. The van der Waals surface area contributed by atoms with Gasteiger partial charge in [0.15, 0.2) is 0 Å². The van der Waals surface area contributed by atoms with Crippen molar-refractivity contribution in [3.05, 3.63) is 28.2 Å². The maximum atomic E-state index is 10.3. The molecular formula is C17H25Cl2NO2. The zero-order valence-corrected chi connectivity index (χ0v) is 14.6. The molecule has 3 nitrogen and oxygen atoms in total. The van der Waals surface area contributed by atoms with Crippen molar-refractivity contribution in [3.63, 3.8) is 0 Å². The number of likely N-dealkylation sites (N-methyl/N-ethyl adjacent to an activating group) is 1. The van der Waals surface area contributed by atoms with E-state index in [1.165, 1.54) is 32.1 Å². The average Bonchev–Trinajstić information content (AvgIpc) is 2.52.